The molecule has 5 N–H and O–H groups in total. The second-order valence-electron chi connectivity index (χ2n) is 9.86. The quantitative estimate of drug-likeness (QED) is 0.179. The van der Waals surface area contributed by atoms with E-state index in [0.29, 0.717) is 12.8 Å². The van der Waals surface area contributed by atoms with Gasteiger partial charge >= 0.3 is 0 Å². The Morgan fingerprint density at radius 3 is 1.58 bits per heavy atom. The molecule has 182 valence electrons. The molecular formula is C26H48O5. The summed E-state index contributed by atoms with van der Waals surface area (Å²) in [5.41, 5.74) is 1.52. The van der Waals surface area contributed by atoms with Crippen molar-refractivity contribution in [2.75, 3.05) is 6.61 Å². The first-order valence-electron chi connectivity index (χ1n) is 11.7. The summed E-state index contributed by atoms with van der Waals surface area (Å²) in [5, 5.41) is 48.8. The van der Waals surface area contributed by atoms with Crippen LogP contribution in [0, 0.1) is 0 Å². The van der Waals surface area contributed by atoms with E-state index in [-0.39, 0.29) is 13.0 Å². The molecule has 0 spiro atoms. The molecule has 5 nitrogen and oxygen atoms in total. The molecule has 0 unspecified atom stereocenters. The molecular weight excluding hydrogens is 392 g/mol. The number of hydrogen-bond donors (Lipinski definition) is 5. The average molecular weight is 441 g/mol. The van der Waals surface area contributed by atoms with Gasteiger partial charge in [-0.05, 0) is 92.9 Å². The van der Waals surface area contributed by atoms with Gasteiger partial charge < -0.3 is 25.5 Å². The molecule has 0 bridgehead atoms. The van der Waals surface area contributed by atoms with Gasteiger partial charge in [0.25, 0.3) is 0 Å². The molecule has 0 radical (unpaired) electrons. The van der Waals surface area contributed by atoms with Gasteiger partial charge in [-0.1, -0.05) is 34.9 Å². The van der Waals surface area contributed by atoms with Crippen LogP contribution in [0.5, 0.6) is 0 Å². The highest BCUT2D eigenvalue weighted by Gasteiger charge is 2.29. The Kier molecular flexibility index (Phi) is 14.5. The predicted octanol–water partition coefficient (Wildman–Crippen LogP) is 4.57. The molecule has 0 amide bonds. The van der Waals surface area contributed by atoms with Crippen molar-refractivity contribution in [3.63, 3.8) is 0 Å². The molecule has 5 heteroatoms. The van der Waals surface area contributed by atoms with Crippen molar-refractivity contribution < 1.29 is 25.5 Å². The van der Waals surface area contributed by atoms with E-state index < -0.39 is 23.4 Å². The number of rotatable bonds is 16. The van der Waals surface area contributed by atoms with Crippen LogP contribution in [0.3, 0.4) is 0 Å². The number of aliphatic hydroxyl groups excluding tert-OH is 3. The second kappa shape index (κ2) is 15.0. The van der Waals surface area contributed by atoms with Crippen LogP contribution < -0.4 is 0 Å². The van der Waals surface area contributed by atoms with Crippen LogP contribution in [0.4, 0.5) is 0 Å². The SMILES string of the molecule is C/C(=C\CC/C=C(\C)CC[C@H](O)[C@@](C)(O)CCO)CC/C=C(\C)CC[C@@H](O)C(C)(C)O. The number of allylic oxidation sites excluding steroid dienone is 6. The number of aliphatic hydroxyl groups is 5. The van der Waals surface area contributed by atoms with Gasteiger partial charge in [0, 0.05) is 13.0 Å². The third-order valence-corrected chi connectivity index (χ3v) is 5.96. The summed E-state index contributed by atoms with van der Waals surface area (Å²) < 4.78 is 0. The van der Waals surface area contributed by atoms with Crippen LogP contribution in [-0.4, -0.2) is 55.5 Å². The Morgan fingerprint density at radius 1 is 0.710 bits per heavy atom. The van der Waals surface area contributed by atoms with Crippen molar-refractivity contribution in [2.45, 2.75) is 123 Å². The van der Waals surface area contributed by atoms with Crippen molar-refractivity contribution in [1.29, 1.82) is 0 Å². The minimum absolute atomic E-state index is 0.134. The maximum Gasteiger partial charge on any atom is 0.0899 e. The Morgan fingerprint density at radius 2 is 1.13 bits per heavy atom. The van der Waals surface area contributed by atoms with Crippen LogP contribution >= 0.6 is 0 Å². The normalized spacial score (nSPS) is 18.1. The molecule has 0 fully saturated rings. The highest BCUT2D eigenvalue weighted by molar-refractivity contribution is 5.06. The van der Waals surface area contributed by atoms with Gasteiger partial charge in [0.15, 0.2) is 0 Å². The predicted molar refractivity (Wildman–Crippen MR) is 129 cm³/mol. The first-order valence-corrected chi connectivity index (χ1v) is 11.7. The molecule has 0 saturated carbocycles. The second-order valence-corrected chi connectivity index (χ2v) is 9.86. The summed E-state index contributed by atoms with van der Waals surface area (Å²) in [4.78, 5) is 0. The molecule has 0 aromatic rings. The molecule has 0 heterocycles. The van der Waals surface area contributed by atoms with E-state index >= 15 is 0 Å². The van der Waals surface area contributed by atoms with Crippen LogP contribution in [-0.2, 0) is 0 Å². The molecule has 0 aliphatic heterocycles. The lowest BCUT2D eigenvalue weighted by Gasteiger charge is -2.28. The summed E-state index contributed by atoms with van der Waals surface area (Å²) in [6.45, 7) is 11.0. The zero-order valence-corrected chi connectivity index (χ0v) is 20.7. The fourth-order valence-corrected chi connectivity index (χ4v) is 3.30. The lowest BCUT2D eigenvalue weighted by Crippen LogP contribution is -2.40. The summed E-state index contributed by atoms with van der Waals surface area (Å²) in [6.07, 6.45) is 11.8. The maximum atomic E-state index is 10.1. The largest absolute Gasteiger partial charge is 0.396 e. The van der Waals surface area contributed by atoms with Crippen LogP contribution in [0.2, 0.25) is 0 Å². The smallest absolute Gasteiger partial charge is 0.0899 e. The monoisotopic (exact) mass is 440 g/mol. The summed E-state index contributed by atoms with van der Waals surface area (Å²) >= 11 is 0. The van der Waals surface area contributed by atoms with Gasteiger partial charge in [0.2, 0.25) is 0 Å². The van der Waals surface area contributed by atoms with Gasteiger partial charge in [-0.15, -0.1) is 0 Å². The minimum Gasteiger partial charge on any atom is -0.396 e. The van der Waals surface area contributed by atoms with Crippen molar-refractivity contribution in [3.05, 3.63) is 34.9 Å². The van der Waals surface area contributed by atoms with Gasteiger partial charge in [0.05, 0.1) is 23.4 Å². The Balaban J connectivity index is 4.19. The molecule has 0 saturated heterocycles. The topological polar surface area (TPSA) is 101 Å². The van der Waals surface area contributed by atoms with Gasteiger partial charge in [-0.3, -0.25) is 0 Å². The third-order valence-electron chi connectivity index (χ3n) is 5.96. The Hall–Kier alpha value is -0.980. The van der Waals surface area contributed by atoms with E-state index in [4.69, 9.17) is 5.11 Å². The van der Waals surface area contributed by atoms with Crippen molar-refractivity contribution in [2.24, 2.45) is 0 Å². The van der Waals surface area contributed by atoms with E-state index in [0.717, 1.165) is 38.5 Å². The minimum atomic E-state index is -1.24. The van der Waals surface area contributed by atoms with E-state index in [9.17, 15) is 20.4 Å². The zero-order chi connectivity index (χ0) is 24.1. The first-order chi connectivity index (χ1) is 14.3. The van der Waals surface area contributed by atoms with Crippen LogP contribution in [0.1, 0.15) is 99.3 Å². The van der Waals surface area contributed by atoms with Crippen LogP contribution in [0.25, 0.3) is 0 Å². The lowest BCUT2D eigenvalue weighted by molar-refractivity contribution is -0.0768. The molecule has 3 atom stereocenters. The average Bonchev–Trinajstić information content (AvgIpc) is 2.66. The fourth-order valence-electron chi connectivity index (χ4n) is 3.30. The Labute approximate surface area is 190 Å². The van der Waals surface area contributed by atoms with Crippen molar-refractivity contribution in [1.82, 2.24) is 0 Å². The van der Waals surface area contributed by atoms with Gasteiger partial charge in [-0.25, -0.2) is 0 Å². The van der Waals surface area contributed by atoms with Crippen molar-refractivity contribution >= 4 is 0 Å². The molecule has 0 aromatic heterocycles. The zero-order valence-electron chi connectivity index (χ0n) is 20.7. The molecule has 0 aliphatic rings. The molecule has 0 rings (SSSR count). The van der Waals surface area contributed by atoms with E-state index in [1.165, 1.54) is 16.7 Å². The van der Waals surface area contributed by atoms with E-state index in [2.05, 4.69) is 32.1 Å². The highest BCUT2D eigenvalue weighted by Crippen LogP contribution is 2.21. The van der Waals surface area contributed by atoms with Gasteiger partial charge in [-0.2, -0.15) is 0 Å². The van der Waals surface area contributed by atoms with E-state index in [1.54, 1.807) is 20.8 Å². The first kappa shape index (κ1) is 30.0. The third kappa shape index (κ3) is 14.7. The molecule has 0 aromatic carbocycles. The molecule has 31 heavy (non-hydrogen) atoms. The number of unbranched alkanes of at least 4 members (excludes halogenated alkanes) is 1. The maximum absolute atomic E-state index is 10.1. The standard InChI is InChI=1S/C26H48O5/c1-20(12-9-13-22(3)14-16-23(28)25(4,5)30)10-7-8-11-21(2)15-17-24(29)26(6,31)18-19-27/h10-11,13,23-24,27-31H,7-9,12,14-19H2,1-6H3/b20-10+,21-11+,22-13+/t23-,24+,26+/m1/s1. The summed E-state index contributed by atoms with van der Waals surface area (Å²) in [7, 11) is 0. The molecule has 0 aliphatic carbocycles. The Bertz CT molecular complexity index is 581. The summed E-state index contributed by atoms with van der Waals surface area (Å²) in [6, 6.07) is 0. The lowest BCUT2D eigenvalue weighted by atomic mass is 9.91. The van der Waals surface area contributed by atoms with E-state index in [1.807, 2.05) is 6.92 Å². The van der Waals surface area contributed by atoms with Crippen molar-refractivity contribution in [3.8, 4) is 0 Å². The van der Waals surface area contributed by atoms with Gasteiger partial charge in [0.1, 0.15) is 0 Å². The fraction of sp³-hybridized carbons (Fsp3) is 0.769. The number of hydrogen-bond acceptors (Lipinski definition) is 5. The highest BCUT2D eigenvalue weighted by atomic mass is 16.3. The summed E-state index contributed by atoms with van der Waals surface area (Å²) in [5.74, 6) is 0. The van der Waals surface area contributed by atoms with Crippen LogP contribution in [0.15, 0.2) is 34.9 Å².